The molecule has 0 radical (unpaired) electrons. The van der Waals surface area contributed by atoms with Crippen molar-refractivity contribution >= 4 is 39.3 Å². The molecular weight excluding hydrogens is 591 g/mol. The van der Waals surface area contributed by atoms with Gasteiger partial charge in [-0.3, -0.25) is 19.7 Å². The van der Waals surface area contributed by atoms with Crippen molar-refractivity contribution in [3.63, 3.8) is 0 Å². The SMILES string of the molecule is O=C1CCC(N2Cc3c(SCCCCCCCCCS(=O)(=O)CCCC(F)(F)C(F)(F)F)cccc3C2=O)C(=O)N1. The minimum atomic E-state index is -5.67. The highest BCUT2D eigenvalue weighted by Gasteiger charge is 2.56. The fourth-order valence-electron chi connectivity index (χ4n) is 4.94. The van der Waals surface area contributed by atoms with Gasteiger partial charge in [-0.25, -0.2) is 8.42 Å². The summed E-state index contributed by atoms with van der Waals surface area (Å²) in [5, 5.41) is 2.30. The summed E-state index contributed by atoms with van der Waals surface area (Å²) in [6.07, 6.45) is -1.85. The molecule has 41 heavy (non-hydrogen) atoms. The van der Waals surface area contributed by atoms with Crippen LogP contribution in [0.25, 0.3) is 0 Å². The van der Waals surface area contributed by atoms with Crippen molar-refractivity contribution in [2.45, 2.75) is 100 Å². The van der Waals surface area contributed by atoms with Crippen LogP contribution >= 0.6 is 11.8 Å². The third kappa shape index (κ3) is 9.39. The molecule has 0 bridgehead atoms. The van der Waals surface area contributed by atoms with Gasteiger partial charge in [0.1, 0.15) is 15.9 Å². The molecule has 1 unspecified atom stereocenters. The molecule has 1 N–H and O–H groups in total. The zero-order chi connectivity index (χ0) is 30.3. The van der Waals surface area contributed by atoms with E-state index in [2.05, 4.69) is 5.32 Å². The zero-order valence-electron chi connectivity index (χ0n) is 22.6. The topological polar surface area (TPSA) is 101 Å². The van der Waals surface area contributed by atoms with E-state index in [1.54, 1.807) is 17.8 Å². The van der Waals surface area contributed by atoms with Crippen molar-refractivity contribution in [3.05, 3.63) is 29.3 Å². The third-order valence-electron chi connectivity index (χ3n) is 7.26. The molecule has 0 spiro atoms. The molecule has 0 aromatic heterocycles. The number of unbranched alkanes of at least 4 members (excludes halogenated alkanes) is 6. The van der Waals surface area contributed by atoms with Crippen LogP contribution in [0.15, 0.2) is 23.1 Å². The monoisotopic (exact) mass is 626 g/mol. The Morgan fingerprint density at radius 2 is 1.54 bits per heavy atom. The van der Waals surface area contributed by atoms with Crippen molar-refractivity contribution in [1.82, 2.24) is 10.2 Å². The van der Waals surface area contributed by atoms with Crippen LogP contribution in [-0.4, -0.2) is 66.4 Å². The second kappa shape index (κ2) is 14.3. The summed E-state index contributed by atoms with van der Waals surface area (Å²) in [6.45, 7) is 0.333. The first kappa shape index (κ1) is 33.3. The van der Waals surface area contributed by atoms with Crippen molar-refractivity contribution in [3.8, 4) is 0 Å². The number of sulfone groups is 1. The summed E-state index contributed by atoms with van der Waals surface area (Å²) in [6, 6.07) is 4.89. The van der Waals surface area contributed by atoms with E-state index in [0.29, 0.717) is 31.4 Å². The van der Waals surface area contributed by atoms with E-state index in [0.717, 1.165) is 48.3 Å². The molecule has 2 aliphatic rings. The lowest BCUT2D eigenvalue weighted by Gasteiger charge is -2.29. The van der Waals surface area contributed by atoms with Gasteiger partial charge in [0, 0.05) is 29.8 Å². The first-order valence-corrected chi connectivity index (χ1v) is 16.6. The van der Waals surface area contributed by atoms with Crippen molar-refractivity contribution in [2.24, 2.45) is 0 Å². The number of carbonyl (C=O) groups excluding carboxylic acids is 3. The highest BCUT2D eigenvalue weighted by atomic mass is 32.2. The first-order chi connectivity index (χ1) is 19.2. The number of carbonyl (C=O) groups is 3. The fourth-order valence-corrected chi connectivity index (χ4v) is 7.46. The number of thioether (sulfide) groups is 1. The van der Waals surface area contributed by atoms with Gasteiger partial charge in [0.15, 0.2) is 0 Å². The van der Waals surface area contributed by atoms with Crippen LogP contribution in [0, 0.1) is 0 Å². The van der Waals surface area contributed by atoms with Crippen LogP contribution in [0.3, 0.4) is 0 Å². The van der Waals surface area contributed by atoms with Crippen molar-refractivity contribution in [2.75, 3.05) is 17.3 Å². The Labute approximate surface area is 240 Å². The molecule has 14 heteroatoms. The van der Waals surface area contributed by atoms with E-state index in [9.17, 15) is 44.8 Å². The molecule has 230 valence electrons. The van der Waals surface area contributed by atoms with Gasteiger partial charge < -0.3 is 4.90 Å². The number of benzene rings is 1. The molecule has 1 aromatic carbocycles. The largest absolute Gasteiger partial charge is 0.453 e. The number of hydrogen-bond acceptors (Lipinski definition) is 6. The predicted octanol–water partition coefficient (Wildman–Crippen LogP) is 5.66. The fraction of sp³-hybridized carbons (Fsp3) is 0.667. The molecule has 0 aliphatic carbocycles. The second-order valence-electron chi connectivity index (χ2n) is 10.5. The number of nitrogens with zero attached hydrogens (tertiary/aromatic N) is 1. The zero-order valence-corrected chi connectivity index (χ0v) is 24.2. The molecule has 2 heterocycles. The number of rotatable bonds is 16. The van der Waals surface area contributed by atoms with E-state index >= 15 is 0 Å². The number of piperidine rings is 1. The van der Waals surface area contributed by atoms with Gasteiger partial charge in [-0.05, 0) is 49.1 Å². The highest BCUT2D eigenvalue weighted by molar-refractivity contribution is 7.99. The van der Waals surface area contributed by atoms with E-state index in [4.69, 9.17) is 0 Å². The number of nitrogens with one attached hydrogen (secondary N) is 1. The van der Waals surface area contributed by atoms with E-state index < -0.39 is 52.5 Å². The second-order valence-corrected chi connectivity index (χ2v) is 13.9. The van der Waals surface area contributed by atoms with Crippen LogP contribution in [-0.2, 0) is 26.0 Å². The Kier molecular flexibility index (Phi) is 11.6. The minimum Gasteiger partial charge on any atom is -0.322 e. The van der Waals surface area contributed by atoms with Crippen LogP contribution in [0.5, 0.6) is 0 Å². The lowest BCUT2D eigenvalue weighted by Crippen LogP contribution is -2.52. The van der Waals surface area contributed by atoms with E-state index in [1.807, 2.05) is 12.1 Å². The van der Waals surface area contributed by atoms with E-state index in [-0.39, 0.29) is 24.0 Å². The smallest absolute Gasteiger partial charge is 0.322 e. The molecular formula is C27H35F5N2O5S2. The molecule has 3 amide bonds. The quantitative estimate of drug-likeness (QED) is 0.110. The van der Waals surface area contributed by atoms with Crippen LogP contribution in [0.4, 0.5) is 22.0 Å². The Bertz CT molecular complexity index is 1210. The first-order valence-electron chi connectivity index (χ1n) is 13.8. The average Bonchev–Trinajstić information content (AvgIpc) is 3.21. The number of halogens is 5. The molecule has 3 rings (SSSR count). The van der Waals surface area contributed by atoms with Gasteiger partial charge in [0.2, 0.25) is 11.8 Å². The third-order valence-corrected chi connectivity index (χ3v) is 10.3. The van der Waals surface area contributed by atoms with Crippen LogP contribution in [0.1, 0.15) is 86.6 Å². The number of fused-ring (bicyclic) bond motifs is 1. The predicted molar refractivity (Wildman–Crippen MR) is 144 cm³/mol. The lowest BCUT2D eigenvalue weighted by molar-refractivity contribution is -0.284. The molecule has 0 saturated carbocycles. The summed E-state index contributed by atoms with van der Waals surface area (Å²) in [7, 11) is -3.66. The Morgan fingerprint density at radius 3 is 2.20 bits per heavy atom. The maximum Gasteiger partial charge on any atom is 0.453 e. The average molecular weight is 627 g/mol. The molecule has 1 fully saturated rings. The van der Waals surface area contributed by atoms with Crippen molar-refractivity contribution in [1.29, 1.82) is 0 Å². The van der Waals surface area contributed by atoms with Gasteiger partial charge in [-0.15, -0.1) is 11.8 Å². The van der Waals surface area contributed by atoms with Crippen LogP contribution < -0.4 is 5.32 Å². The number of hydrogen-bond donors (Lipinski definition) is 1. The molecule has 7 nitrogen and oxygen atoms in total. The Morgan fingerprint density at radius 1 is 0.902 bits per heavy atom. The summed E-state index contributed by atoms with van der Waals surface area (Å²) in [5.41, 5.74) is 1.48. The number of imide groups is 1. The van der Waals surface area contributed by atoms with Crippen molar-refractivity contribution < 1.29 is 44.8 Å². The van der Waals surface area contributed by atoms with Gasteiger partial charge in [0.25, 0.3) is 5.91 Å². The summed E-state index contributed by atoms with van der Waals surface area (Å²) < 4.78 is 86.2. The maximum atomic E-state index is 12.9. The summed E-state index contributed by atoms with van der Waals surface area (Å²) in [4.78, 5) is 39.2. The summed E-state index contributed by atoms with van der Waals surface area (Å²) in [5.74, 6) is -5.89. The molecule has 1 atom stereocenters. The summed E-state index contributed by atoms with van der Waals surface area (Å²) >= 11 is 1.65. The molecule has 1 saturated heterocycles. The number of alkyl halides is 5. The van der Waals surface area contributed by atoms with Gasteiger partial charge >= 0.3 is 12.1 Å². The molecule has 1 aromatic rings. The van der Waals surface area contributed by atoms with E-state index in [1.165, 1.54) is 4.90 Å². The number of amides is 3. The normalized spacial score (nSPS) is 18.1. The maximum absolute atomic E-state index is 12.9. The van der Waals surface area contributed by atoms with Gasteiger partial charge in [0.05, 0.1) is 11.5 Å². The standard InChI is InChI=1S/C27H35F5N2O5S2/c28-26(29,27(30,31)32)14-9-17-41(38,39)16-7-5-3-1-2-4-6-15-40-22-11-8-10-19-20(22)18-34(25(19)37)21-12-13-23(35)33-24(21)36/h8,10-11,21H,1-7,9,12-18H2,(H,33,35,36). The lowest BCUT2D eigenvalue weighted by atomic mass is 10.0. The minimum absolute atomic E-state index is 0.201. The van der Waals surface area contributed by atoms with Gasteiger partial charge in [-0.2, -0.15) is 22.0 Å². The Balaban J connectivity index is 1.28. The van der Waals surface area contributed by atoms with Crippen LogP contribution in [0.2, 0.25) is 0 Å². The Hall–Kier alpha value is -2.22. The van der Waals surface area contributed by atoms with Gasteiger partial charge in [-0.1, -0.05) is 38.2 Å². The highest BCUT2D eigenvalue weighted by Crippen LogP contribution is 2.39. The molecule has 2 aliphatic heterocycles.